The number of imidazole rings is 1. The Kier molecular flexibility index (Phi) is 6.08. The van der Waals surface area contributed by atoms with Gasteiger partial charge in [-0.2, -0.15) is 0 Å². The zero-order valence-corrected chi connectivity index (χ0v) is 15.5. The lowest BCUT2D eigenvalue weighted by molar-refractivity contribution is -0.129. The number of aromatic nitrogens is 2. The second-order valence-electron chi connectivity index (χ2n) is 6.42. The summed E-state index contributed by atoms with van der Waals surface area (Å²) in [6.45, 7) is 0.700. The van der Waals surface area contributed by atoms with Gasteiger partial charge in [-0.25, -0.2) is 4.98 Å². The fourth-order valence-corrected chi connectivity index (χ4v) is 2.88. The molecule has 134 valence electrons. The topological polar surface area (TPSA) is 49.0 Å². The highest BCUT2D eigenvalue weighted by Gasteiger charge is 2.10. The minimum absolute atomic E-state index is 0.113. The molecule has 4 nitrogen and oxygen atoms in total. The largest absolute Gasteiger partial charge is 0.351 e. The number of hydrogen-bond donors (Lipinski definition) is 1. The van der Waals surface area contributed by atoms with Gasteiger partial charge in [0, 0.05) is 31.2 Å². The van der Waals surface area contributed by atoms with Crippen molar-refractivity contribution >= 4 is 17.5 Å². The van der Waals surface area contributed by atoms with Gasteiger partial charge in [-0.3, -0.25) is 4.79 Å². The summed E-state index contributed by atoms with van der Waals surface area (Å²) in [6, 6.07) is 15.9. The first-order chi connectivity index (χ1) is 12.6. The summed E-state index contributed by atoms with van der Waals surface area (Å²) < 4.78 is 0. The summed E-state index contributed by atoms with van der Waals surface area (Å²) in [7, 11) is 1.85. The van der Waals surface area contributed by atoms with Crippen LogP contribution in [0.1, 0.15) is 22.4 Å². The molecule has 0 aliphatic carbocycles. The molecule has 0 aliphatic heterocycles. The first-order valence-electron chi connectivity index (χ1n) is 8.64. The summed E-state index contributed by atoms with van der Waals surface area (Å²) in [5.74, 6) is 0.113. The van der Waals surface area contributed by atoms with Crippen LogP contribution in [-0.4, -0.2) is 34.4 Å². The molecule has 0 bridgehead atoms. The van der Waals surface area contributed by atoms with Crippen LogP contribution in [-0.2, 0) is 24.1 Å². The minimum Gasteiger partial charge on any atom is -0.351 e. The smallest absolute Gasteiger partial charge is 0.226 e. The van der Waals surface area contributed by atoms with Crippen molar-refractivity contribution in [3.05, 3.63) is 88.5 Å². The number of carbonyl (C=O) groups is 1. The van der Waals surface area contributed by atoms with E-state index in [4.69, 9.17) is 11.6 Å². The van der Waals surface area contributed by atoms with E-state index in [1.807, 2.05) is 37.5 Å². The highest BCUT2D eigenvalue weighted by molar-refractivity contribution is 6.30. The summed E-state index contributed by atoms with van der Waals surface area (Å²) in [5.41, 5.74) is 4.47. The van der Waals surface area contributed by atoms with Crippen LogP contribution >= 0.6 is 11.6 Å². The number of rotatable bonds is 7. The van der Waals surface area contributed by atoms with Gasteiger partial charge in [-0.05, 0) is 35.2 Å². The number of nitrogens with zero attached hydrogens (tertiary/aromatic N) is 2. The molecule has 1 N–H and O–H groups in total. The number of H-pyrrole nitrogens is 1. The number of hydrogen-bond acceptors (Lipinski definition) is 2. The van der Waals surface area contributed by atoms with Gasteiger partial charge in [0.05, 0.1) is 18.4 Å². The van der Waals surface area contributed by atoms with Crippen LogP contribution in [0.15, 0.2) is 61.1 Å². The van der Waals surface area contributed by atoms with Crippen LogP contribution < -0.4 is 0 Å². The Bertz CT molecular complexity index is 827. The molecule has 0 atom stereocenters. The van der Waals surface area contributed by atoms with Gasteiger partial charge in [0.2, 0.25) is 5.91 Å². The maximum atomic E-state index is 12.3. The van der Waals surface area contributed by atoms with E-state index in [9.17, 15) is 4.79 Å². The SMILES string of the molecule is CN(CCc1ccc(Cc2c[nH]cn2)cc1)C(=O)Cc1ccc(Cl)cc1. The van der Waals surface area contributed by atoms with Crippen molar-refractivity contribution in [1.82, 2.24) is 14.9 Å². The van der Waals surface area contributed by atoms with E-state index in [2.05, 4.69) is 34.2 Å². The van der Waals surface area contributed by atoms with Crippen molar-refractivity contribution in [2.45, 2.75) is 19.3 Å². The maximum absolute atomic E-state index is 12.3. The van der Waals surface area contributed by atoms with Crippen LogP contribution in [0.4, 0.5) is 0 Å². The molecule has 26 heavy (non-hydrogen) atoms. The van der Waals surface area contributed by atoms with Crippen molar-refractivity contribution in [3.63, 3.8) is 0 Å². The zero-order valence-electron chi connectivity index (χ0n) is 14.8. The molecule has 5 heteroatoms. The second-order valence-corrected chi connectivity index (χ2v) is 6.86. The number of carbonyl (C=O) groups excluding carboxylic acids is 1. The van der Waals surface area contributed by atoms with Crippen molar-refractivity contribution < 1.29 is 4.79 Å². The van der Waals surface area contributed by atoms with Gasteiger partial charge in [-0.15, -0.1) is 0 Å². The number of nitrogens with one attached hydrogen (secondary N) is 1. The van der Waals surface area contributed by atoms with Crippen LogP contribution in [0.3, 0.4) is 0 Å². The van der Waals surface area contributed by atoms with Crippen molar-refractivity contribution in [2.24, 2.45) is 0 Å². The number of benzene rings is 2. The third kappa shape index (κ3) is 5.20. The standard InChI is InChI=1S/C21H22ClN3O/c1-25(21(26)13-18-6-8-19(22)9-7-18)11-10-16-2-4-17(5-3-16)12-20-14-23-15-24-20/h2-9,14-15H,10-13H2,1H3,(H,23,24). The Balaban J connectivity index is 1.48. The molecular weight excluding hydrogens is 346 g/mol. The number of halogens is 1. The third-order valence-electron chi connectivity index (χ3n) is 4.39. The van der Waals surface area contributed by atoms with Crippen molar-refractivity contribution in [1.29, 1.82) is 0 Å². The Morgan fingerprint density at radius 1 is 1.04 bits per heavy atom. The van der Waals surface area contributed by atoms with Crippen molar-refractivity contribution in [2.75, 3.05) is 13.6 Å². The summed E-state index contributed by atoms with van der Waals surface area (Å²) in [6.07, 6.45) is 5.67. The van der Waals surface area contributed by atoms with Gasteiger partial charge >= 0.3 is 0 Å². The van der Waals surface area contributed by atoms with E-state index in [-0.39, 0.29) is 5.91 Å². The number of likely N-dealkylation sites (N-methyl/N-ethyl adjacent to an activating group) is 1. The van der Waals surface area contributed by atoms with Gasteiger partial charge in [0.25, 0.3) is 0 Å². The quantitative estimate of drug-likeness (QED) is 0.688. The van der Waals surface area contributed by atoms with E-state index in [1.54, 1.807) is 11.2 Å². The van der Waals surface area contributed by atoms with E-state index in [0.29, 0.717) is 18.0 Å². The lowest BCUT2D eigenvalue weighted by Crippen LogP contribution is -2.30. The Labute approximate surface area is 158 Å². The third-order valence-corrected chi connectivity index (χ3v) is 4.65. The molecular formula is C21H22ClN3O. The lowest BCUT2D eigenvalue weighted by Gasteiger charge is -2.17. The summed E-state index contributed by atoms with van der Waals surface area (Å²) >= 11 is 5.88. The average molecular weight is 368 g/mol. The normalized spacial score (nSPS) is 10.7. The van der Waals surface area contributed by atoms with Gasteiger partial charge in [-0.1, -0.05) is 48.0 Å². The fourth-order valence-electron chi connectivity index (χ4n) is 2.75. The van der Waals surface area contributed by atoms with Gasteiger partial charge in [0.15, 0.2) is 0 Å². The number of aromatic amines is 1. The molecule has 0 unspecified atom stereocenters. The average Bonchev–Trinajstić information content (AvgIpc) is 3.16. The van der Waals surface area contributed by atoms with Crippen LogP contribution in [0.2, 0.25) is 5.02 Å². The van der Waals surface area contributed by atoms with Crippen LogP contribution in [0.25, 0.3) is 0 Å². The maximum Gasteiger partial charge on any atom is 0.226 e. The molecule has 0 fully saturated rings. The van der Waals surface area contributed by atoms with Crippen LogP contribution in [0, 0.1) is 0 Å². The monoisotopic (exact) mass is 367 g/mol. The molecule has 0 spiro atoms. The molecule has 2 aromatic carbocycles. The second kappa shape index (κ2) is 8.68. The predicted octanol–water partition coefficient (Wildman–Crippen LogP) is 3.90. The Hall–Kier alpha value is -2.59. The molecule has 0 radical (unpaired) electrons. The van der Waals surface area contributed by atoms with E-state index in [0.717, 1.165) is 24.1 Å². The first-order valence-corrected chi connectivity index (χ1v) is 9.02. The Morgan fingerprint density at radius 3 is 2.35 bits per heavy atom. The zero-order chi connectivity index (χ0) is 18.4. The van der Waals surface area contributed by atoms with Gasteiger partial charge < -0.3 is 9.88 Å². The molecule has 0 aliphatic rings. The summed E-state index contributed by atoms with van der Waals surface area (Å²) in [5, 5.41) is 0.685. The minimum atomic E-state index is 0.113. The highest BCUT2D eigenvalue weighted by atomic mass is 35.5. The molecule has 1 heterocycles. The molecule has 1 aromatic heterocycles. The molecule has 3 aromatic rings. The Morgan fingerprint density at radius 2 is 1.69 bits per heavy atom. The fraction of sp³-hybridized carbons (Fsp3) is 0.238. The van der Waals surface area contributed by atoms with Crippen LogP contribution in [0.5, 0.6) is 0 Å². The van der Waals surface area contributed by atoms with E-state index >= 15 is 0 Å². The lowest BCUT2D eigenvalue weighted by atomic mass is 10.1. The van der Waals surface area contributed by atoms with Crippen molar-refractivity contribution in [3.8, 4) is 0 Å². The summed E-state index contributed by atoms with van der Waals surface area (Å²) in [4.78, 5) is 21.3. The molecule has 1 amide bonds. The molecule has 0 saturated heterocycles. The highest BCUT2D eigenvalue weighted by Crippen LogP contribution is 2.12. The van der Waals surface area contributed by atoms with E-state index in [1.165, 1.54) is 11.1 Å². The first kappa shape index (κ1) is 18.2. The number of amides is 1. The predicted molar refractivity (Wildman–Crippen MR) is 104 cm³/mol. The van der Waals surface area contributed by atoms with E-state index < -0.39 is 0 Å². The van der Waals surface area contributed by atoms with Gasteiger partial charge in [0.1, 0.15) is 0 Å². The molecule has 0 saturated carbocycles. The molecule has 3 rings (SSSR count).